The van der Waals surface area contributed by atoms with Crippen molar-refractivity contribution in [2.75, 3.05) is 20.1 Å². The van der Waals surface area contributed by atoms with Crippen LogP contribution in [-0.4, -0.2) is 42.1 Å². The van der Waals surface area contributed by atoms with Crippen LogP contribution in [-0.2, 0) is 0 Å². The molecule has 1 atom stereocenters. The lowest BCUT2D eigenvalue weighted by Crippen LogP contribution is -2.47. The topological polar surface area (TPSA) is 52.6 Å². The summed E-state index contributed by atoms with van der Waals surface area (Å²) < 4.78 is 0. The van der Waals surface area contributed by atoms with Crippen LogP contribution >= 0.6 is 11.6 Å². The predicted octanol–water partition coefficient (Wildman–Crippen LogP) is 1.87. The monoisotopic (exact) mass is 268 g/mol. The standard InChI is InChI=1S/C13H17ClN2O2/c1-15-9-3-2-6-16(8-9)13(18)11-7-10(17)4-5-12(11)14/h4-5,7,9,15,17H,2-3,6,8H2,1H3. The fraction of sp³-hybridized carbons (Fsp3) is 0.462. The molecule has 18 heavy (non-hydrogen) atoms. The van der Waals surface area contributed by atoms with Gasteiger partial charge in [0.2, 0.25) is 0 Å². The fourth-order valence-corrected chi connectivity index (χ4v) is 2.44. The predicted molar refractivity (Wildman–Crippen MR) is 71.1 cm³/mol. The number of likely N-dealkylation sites (tertiary alicyclic amines) is 1. The fourth-order valence-electron chi connectivity index (χ4n) is 2.24. The van der Waals surface area contributed by atoms with Gasteiger partial charge in [0.05, 0.1) is 10.6 Å². The highest BCUT2D eigenvalue weighted by Crippen LogP contribution is 2.24. The number of hydrogen-bond acceptors (Lipinski definition) is 3. The van der Waals surface area contributed by atoms with Crippen molar-refractivity contribution < 1.29 is 9.90 Å². The Kier molecular flexibility index (Phi) is 4.09. The van der Waals surface area contributed by atoms with E-state index in [-0.39, 0.29) is 11.7 Å². The molecule has 2 rings (SSSR count). The number of amides is 1. The van der Waals surface area contributed by atoms with Crippen LogP contribution in [0.25, 0.3) is 0 Å². The molecule has 1 amide bonds. The van der Waals surface area contributed by atoms with Gasteiger partial charge in [-0.05, 0) is 38.1 Å². The highest BCUT2D eigenvalue weighted by atomic mass is 35.5. The lowest BCUT2D eigenvalue weighted by atomic mass is 10.0. The summed E-state index contributed by atoms with van der Waals surface area (Å²) in [5.41, 5.74) is 0.369. The van der Waals surface area contributed by atoms with Gasteiger partial charge in [-0.1, -0.05) is 11.6 Å². The lowest BCUT2D eigenvalue weighted by Gasteiger charge is -2.32. The maximum atomic E-state index is 12.3. The number of nitrogens with one attached hydrogen (secondary N) is 1. The zero-order valence-electron chi connectivity index (χ0n) is 10.3. The van der Waals surface area contributed by atoms with Crippen LogP contribution in [0.1, 0.15) is 23.2 Å². The quantitative estimate of drug-likeness (QED) is 0.861. The number of hydrogen-bond donors (Lipinski definition) is 2. The molecule has 1 unspecified atom stereocenters. The zero-order chi connectivity index (χ0) is 13.1. The molecule has 1 aromatic rings. The number of carbonyl (C=O) groups is 1. The van der Waals surface area contributed by atoms with E-state index < -0.39 is 0 Å². The van der Waals surface area contributed by atoms with Crippen molar-refractivity contribution in [1.82, 2.24) is 10.2 Å². The van der Waals surface area contributed by atoms with Gasteiger partial charge in [-0.15, -0.1) is 0 Å². The number of carbonyl (C=O) groups excluding carboxylic acids is 1. The van der Waals surface area contributed by atoms with Crippen molar-refractivity contribution in [3.8, 4) is 5.75 Å². The molecule has 1 aromatic carbocycles. The summed E-state index contributed by atoms with van der Waals surface area (Å²) >= 11 is 6.01. The van der Waals surface area contributed by atoms with Crippen LogP contribution in [0.5, 0.6) is 5.75 Å². The van der Waals surface area contributed by atoms with Gasteiger partial charge in [0.1, 0.15) is 5.75 Å². The van der Waals surface area contributed by atoms with Gasteiger partial charge < -0.3 is 15.3 Å². The summed E-state index contributed by atoms with van der Waals surface area (Å²) in [6.45, 7) is 1.42. The highest BCUT2D eigenvalue weighted by Gasteiger charge is 2.24. The van der Waals surface area contributed by atoms with Crippen LogP contribution in [0.15, 0.2) is 18.2 Å². The minimum Gasteiger partial charge on any atom is -0.508 e. The minimum atomic E-state index is -0.115. The highest BCUT2D eigenvalue weighted by molar-refractivity contribution is 6.33. The van der Waals surface area contributed by atoms with Crippen LogP contribution in [0, 0.1) is 0 Å². The van der Waals surface area contributed by atoms with E-state index in [4.69, 9.17) is 11.6 Å². The molecular formula is C13H17ClN2O2. The third kappa shape index (κ3) is 2.76. The Hall–Kier alpha value is -1.26. The molecule has 1 aliphatic rings. The molecule has 4 nitrogen and oxygen atoms in total. The summed E-state index contributed by atoms with van der Waals surface area (Å²) in [4.78, 5) is 14.1. The molecule has 1 fully saturated rings. The minimum absolute atomic E-state index is 0.0601. The maximum Gasteiger partial charge on any atom is 0.255 e. The second-order valence-electron chi connectivity index (χ2n) is 4.54. The Morgan fingerprint density at radius 3 is 3.06 bits per heavy atom. The largest absolute Gasteiger partial charge is 0.508 e. The molecule has 1 saturated heterocycles. The van der Waals surface area contributed by atoms with Gasteiger partial charge >= 0.3 is 0 Å². The number of piperidine rings is 1. The normalized spacial score (nSPS) is 19.9. The van der Waals surface area contributed by atoms with E-state index in [0.717, 1.165) is 19.4 Å². The third-order valence-electron chi connectivity index (χ3n) is 3.30. The summed E-state index contributed by atoms with van der Waals surface area (Å²) in [6, 6.07) is 4.78. The van der Waals surface area contributed by atoms with Crippen LogP contribution in [0.3, 0.4) is 0 Å². The summed E-state index contributed by atoms with van der Waals surface area (Å²) in [5, 5.41) is 13.0. The van der Waals surface area contributed by atoms with E-state index in [1.807, 2.05) is 7.05 Å². The van der Waals surface area contributed by atoms with Crippen molar-refractivity contribution in [1.29, 1.82) is 0 Å². The van der Waals surface area contributed by atoms with Gasteiger partial charge in [-0.2, -0.15) is 0 Å². The molecule has 2 N–H and O–H groups in total. The van der Waals surface area contributed by atoms with Gasteiger partial charge in [0, 0.05) is 19.1 Å². The number of nitrogens with zero attached hydrogens (tertiary/aromatic N) is 1. The molecule has 0 aliphatic carbocycles. The summed E-state index contributed by atoms with van der Waals surface area (Å²) in [5.74, 6) is -0.0548. The smallest absolute Gasteiger partial charge is 0.255 e. The second kappa shape index (κ2) is 5.59. The van der Waals surface area contributed by atoms with Crippen molar-refractivity contribution in [2.45, 2.75) is 18.9 Å². The summed E-state index contributed by atoms with van der Waals surface area (Å²) in [6.07, 6.45) is 2.06. The first kappa shape index (κ1) is 13.2. The molecule has 1 aliphatic heterocycles. The van der Waals surface area contributed by atoms with Crippen LogP contribution in [0.4, 0.5) is 0 Å². The van der Waals surface area contributed by atoms with E-state index in [2.05, 4.69) is 5.32 Å². The number of halogens is 1. The van der Waals surface area contributed by atoms with E-state index in [1.54, 1.807) is 11.0 Å². The molecule has 0 aromatic heterocycles. The second-order valence-corrected chi connectivity index (χ2v) is 4.95. The van der Waals surface area contributed by atoms with Crippen molar-refractivity contribution in [2.24, 2.45) is 0 Å². The molecule has 5 heteroatoms. The van der Waals surface area contributed by atoms with E-state index in [1.165, 1.54) is 12.1 Å². The Morgan fingerprint density at radius 2 is 2.33 bits per heavy atom. The van der Waals surface area contributed by atoms with Crippen LogP contribution in [0.2, 0.25) is 5.02 Å². The SMILES string of the molecule is CNC1CCCN(C(=O)c2cc(O)ccc2Cl)C1. The number of likely N-dealkylation sites (N-methyl/N-ethyl adjacent to an activating group) is 1. The first-order chi connectivity index (χ1) is 8.61. The number of benzene rings is 1. The Bertz CT molecular complexity index is 451. The molecule has 0 bridgehead atoms. The van der Waals surface area contributed by atoms with E-state index >= 15 is 0 Å². The third-order valence-corrected chi connectivity index (χ3v) is 3.63. The summed E-state index contributed by atoms with van der Waals surface area (Å²) in [7, 11) is 1.90. The molecule has 98 valence electrons. The zero-order valence-corrected chi connectivity index (χ0v) is 11.1. The molecule has 0 saturated carbocycles. The van der Waals surface area contributed by atoms with E-state index in [9.17, 15) is 9.90 Å². The van der Waals surface area contributed by atoms with Gasteiger partial charge in [-0.25, -0.2) is 0 Å². The Labute approximate surface area is 112 Å². The van der Waals surface area contributed by atoms with Crippen molar-refractivity contribution >= 4 is 17.5 Å². The van der Waals surface area contributed by atoms with Crippen molar-refractivity contribution in [3.05, 3.63) is 28.8 Å². The first-order valence-electron chi connectivity index (χ1n) is 6.07. The van der Waals surface area contributed by atoms with Gasteiger partial charge in [0.15, 0.2) is 0 Å². The lowest BCUT2D eigenvalue weighted by molar-refractivity contribution is 0.0698. The van der Waals surface area contributed by atoms with E-state index in [0.29, 0.717) is 23.2 Å². The Morgan fingerprint density at radius 1 is 1.56 bits per heavy atom. The number of aromatic hydroxyl groups is 1. The molecule has 1 heterocycles. The molecular weight excluding hydrogens is 252 g/mol. The van der Waals surface area contributed by atoms with Gasteiger partial charge in [-0.3, -0.25) is 4.79 Å². The van der Waals surface area contributed by atoms with Gasteiger partial charge in [0.25, 0.3) is 5.91 Å². The number of phenolic OH excluding ortho intramolecular Hbond substituents is 1. The first-order valence-corrected chi connectivity index (χ1v) is 6.44. The molecule has 0 spiro atoms. The molecule has 0 radical (unpaired) electrons. The average molecular weight is 269 g/mol. The average Bonchev–Trinajstić information content (AvgIpc) is 2.41. The Balaban J connectivity index is 2.17. The number of rotatable bonds is 2. The van der Waals surface area contributed by atoms with Crippen molar-refractivity contribution in [3.63, 3.8) is 0 Å². The maximum absolute atomic E-state index is 12.3. The number of phenols is 1. The van der Waals surface area contributed by atoms with Crippen LogP contribution < -0.4 is 5.32 Å².